The highest BCUT2D eigenvalue weighted by Gasteiger charge is 2.15. The highest BCUT2D eigenvalue weighted by atomic mass is 16.6. The van der Waals surface area contributed by atoms with Gasteiger partial charge < -0.3 is 10.4 Å². The van der Waals surface area contributed by atoms with Crippen LogP contribution in [0, 0.1) is 10.1 Å². The fourth-order valence-electron chi connectivity index (χ4n) is 2.20. The summed E-state index contributed by atoms with van der Waals surface area (Å²) in [6.45, 7) is 2.31. The normalized spacial score (nSPS) is 10.6. The molecule has 0 aliphatic carbocycles. The van der Waals surface area contributed by atoms with Gasteiger partial charge in [-0.05, 0) is 24.1 Å². The first-order valence-corrected chi connectivity index (χ1v) is 6.68. The third kappa shape index (κ3) is 3.38. The Morgan fingerprint density at radius 3 is 2.86 bits per heavy atom. The maximum atomic E-state index is 11.0. The summed E-state index contributed by atoms with van der Waals surface area (Å²) in [5.41, 5.74) is 2.99. The number of rotatable bonds is 6. The number of aryl methyl sites for hydroxylation is 2. The Kier molecular flexibility index (Phi) is 4.54. The van der Waals surface area contributed by atoms with Gasteiger partial charge in [0.2, 0.25) is 0 Å². The van der Waals surface area contributed by atoms with Crippen LogP contribution < -0.4 is 5.32 Å². The number of nitro groups is 1. The average Bonchev–Trinajstić information content (AvgIpc) is 2.84. The molecule has 2 aromatic rings. The Morgan fingerprint density at radius 2 is 2.24 bits per heavy atom. The molecular formula is C14H18N4O3. The van der Waals surface area contributed by atoms with Crippen molar-refractivity contribution in [2.24, 2.45) is 7.05 Å². The quantitative estimate of drug-likeness (QED) is 0.627. The van der Waals surface area contributed by atoms with Crippen LogP contribution >= 0.6 is 0 Å². The van der Waals surface area contributed by atoms with Gasteiger partial charge in [-0.3, -0.25) is 14.8 Å². The van der Waals surface area contributed by atoms with Crippen molar-refractivity contribution in [1.82, 2.24) is 9.78 Å². The zero-order chi connectivity index (χ0) is 15.4. The number of aliphatic hydroxyl groups excluding tert-OH is 1. The van der Waals surface area contributed by atoms with E-state index in [9.17, 15) is 10.1 Å². The van der Waals surface area contributed by atoms with Crippen LogP contribution in [0.1, 0.15) is 23.7 Å². The fourth-order valence-corrected chi connectivity index (χ4v) is 2.20. The molecular weight excluding hydrogens is 272 g/mol. The lowest BCUT2D eigenvalue weighted by molar-refractivity contribution is -0.384. The van der Waals surface area contributed by atoms with Crippen molar-refractivity contribution in [3.8, 4) is 0 Å². The summed E-state index contributed by atoms with van der Waals surface area (Å²) in [7, 11) is 1.84. The molecule has 0 aliphatic rings. The molecule has 0 amide bonds. The molecule has 7 nitrogen and oxygen atoms in total. The maximum Gasteiger partial charge on any atom is 0.292 e. The molecule has 2 N–H and O–H groups in total. The Morgan fingerprint density at radius 1 is 1.48 bits per heavy atom. The second kappa shape index (κ2) is 6.36. The lowest BCUT2D eigenvalue weighted by Crippen LogP contribution is -2.04. The van der Waals surface area contributed by atoms with Gasteiger partial charge >= 0.3 is 0 Å². The second-order valence-electron chi connectivity index (χ2n) is 4.75. The van der Waals surface area contributed by atoms with Crippen molar-refractivity contribution in [2.45, 2.75) is 26.5 Å². The topological polar surface area (TPSA) is 93.2 Å². The van der Waals surface area contributed by atoms with E-state index in [-0.39, 0.29) is 12.3 Å². The van der Waals surface area contributed by atoms with E-state index in [0.29, 0.717) is 17.8 Å². The van der Waals surface area contributed by atoms with E-state index in [4.69, 9.17) is 5.11 Å². The van der Waals surface area contributed by atoms with Crippen LogP contribution in [-0.2, 0) is 26.6 Å². The number of nitro benzene ring substituents is 1. The van der Waals surface area contributed by atoms with Crippen molar-refractivity contribution in [2.75, 3.05) is 5.32 Å². The second-order valence-corrected chi connectivity index (χ2v) is 4.75. The van der Waals surface area contributed by atoms with Gasteiger partial charge in [0.05, 0.1) is 17.2 Å². The van der Waals surface area contributed by atoms with E-state index in [1.54, 1.807) is 16.8 Å². The SMILES string of the molecule is CCc1nn(C)cc1CNc1cc(CO)ccc1[N+](=O)[O-]. The number of aromatic nitrogens is 2. The Hall–Kier alpha value is -2.41. The molecule has 2 rings (SSSR count). The minimum Gasteiger partial charge on any atom is -0.392 e. The number of aliphatic hydroxyl groups is 1. The van der Waals surface area contributed by atoms with Crippen LogP contribution in [-0.4, -0.2) is 19.8 Å². The Balaban J connectivity index is 2.23. The molecule has 0 aliphatic heterocycles. The van der Waals surface area contributed by atoms with Crippen LogP contribution in [0.5, 0.6) is 0 Å². The predicted octanol–water partition coefficient (Wildman–Crippen LogP) is 2.00. The minimum absolute atomic E-state index is 0.00543. The van der Waals surface area contributed by atoms with Gasteiger partial charge in [-0.1, -0.05) is 6.92 Å². The van der Waals surface area contributed by atoms with E-state index in [1.807, 2.05) is 20.2 Å². The molecule has 0 saturated heterocycles. The Labute approximate surface area is 122 Å². The van der Waals surface area contributed by atoms with Crippen molar-refractivity contribution in [1.29, 1.82) is 0 Å². The summed E-state index contributed by atoms with van der Waals surface area (Å²) < 4.78 is 1.73. The van der Waals surface area contributed by atoms with E-state index in [0.717, 1.165) is 17.7 Å². The smallest absolute Gasteiger partial charge is 0.292 e. The van der Waals surface area contributed by atoms with Crippen LogP contribution in [0.25, 0.3) is 0 Å². The van der Waals surface area contributed by atoms with Crippen molar-refractivity contribution in [3.05, 3.63) is 51.3 Å². The fraction of sp³-hybridized carbons (Fsp3) is 0.357. The zero-order valence-corrected chi connectivity index (χ0v) is 12.0. The van der Waals surface area contributed by atoms with E-state index in [2.05, 4.69) is 10.4 Å². The van der Waals surface area contributed by atoms with Gasteiger partial charge in [0, 0.05) is 31.4 Å². The number of nitrogens with zero attached hydrogens (tertiary/aromatic N) is 3. The number of anilines is 1. The summed E-state index contributed by atoms with van der Waals surface area (Å²) >= 11 is 0. The molecule has 21 heavy (non-hydrogen) atoms. The molecule has 0 radical (unpaired) electrons. The Bertz CT molecular complexity index is 652. The highest BCUT2D eigenvalue weighted by Crippen LogP contribution is 2.26. The summed E-state index contributed by atoms with van der Waals surface area (Å²) in [6.07, 6.45) is 2.70. The molecule has 0 bridgehead atoms. The lowest BCUT2D eigenvalue weighted by atomic mass is 10.1. The minimum atomic E-state index is -0.437. The molecule has 0 atom stereocenters. The summed E-state index contributed by atoms with van der Waals surface area (Å²) in [6, 6.07) is 4.54. The van der Waals surface area contributed by atoms with Crippen LogP contribution in [0.3, 0.4) is 0 Å². The molecule has 1 aromatic carbocycles. The molecule has 1 aromatic heterocycles. The number of hydrogen-bond acceptors (Lipinski definition) is 5. The summed E-state index contributed by atoms with van der Waals surface area (Å²) in [5, 5.41) is 27.6. The summed E-state index contributed by atoms with van der Waals surface area (Å²) in [5.74, 6) is 0. The van der Waals surface area contributed by atoms with Gasteiger partial charge in [0.1, 0.15) is 5.69 Å². The van der Waals surface area contributed by atoms with Gasteiger partial charge in [0.25, 0.3) is 5.69 Å². The van der Waals surface area contributed by atoms with Gasteiger partial charge in [-0.25, -0.2) is 0 Å². The lowest BCUT2D eigenvalue weighted by Gasteiger charge is -2.08. The summed E-state index contributed by atoms with van der Waals surface area (Å²) in [4.78, 5) is 10.6. The zero-order valence-electron chi connectivity index (χ0n) is 12.0. The highest BCUT2D eigenvalue weighted by molar-refractivity contribution is 5.62. The third-order valence-corrected chi connectivity index (χ3v) is 3.24. The monoisotopic (exact) mass is 290 g/mol. The predicted molar refractivity (Wildman–Crippen MR) is 78.9 cm³/mol. The molecule has 1 heterocycles. The van der Waals surface area contributed by atoms with Gasteiger partial charge in [0.15, 0.2) is 0 Å². The molecule has 7 heteroatoms. The average molecular weight is 290 g/mol. The molecule has 0 saturated carbocycles. The molecule has 112 valence electrons. The van der Waals surface area contributed by atoms with E-state index >= 15 is 0 Å². The first-order valence-electron chi connectivity index (χ1n) is 6.68. The first-order chi connectivity index (χ1) is 10.0. The standard InChI is InChI=1S/C14H18N4O3/c1-3-12-11(8-17(2)16-12)7-15-13-6-10(9-19)4-5-14(13)18(20)21/h4-6,8,15,19H,3,7,9H2,1-2H3. The third-order valence-electron chi connectivity index (χ3n) is 3.24. The van der Waals surface area contributed by atoms with Crippen LogP contribution in [0.4, 0.5) is 11.4 Å². The maximum absolute atomic E-state index is 11.0. The largest absolute Gasteiger partial charge is 0.392 e. The van der Waals surface area contributed by atoms with Crippen molar-refractivity contribution >= 4 is 11.4 Å². The van der Waals surface area contributed by atoms with Crippen molar-refractivity contribution in [3.63, 3.8) is 0 Å². The van der Waals surface area contributed by atoms with Gasteiger partial charge in [-0.2, -0.15) is 5.10 Å². The van der Waals surface area contributed by atoms with E-state index in [1.165, 1.54) is 6.07 Å². The van der Waals surface area contributed by atoms with Gasteiger partial charge in [-0.15, -0.1) is 0 Å². The molecule has 0 unspecified atom stereocenters. The number of nitrogens with one attached hydrogen (secondary N) is 1. The number of benzene rings is 1. The van der Waals surface area contributed by atoms with E-state index < -0.39 is 4.92 Å². The van der Waals surface area contributed by atoms with Crippen molar-refractivity contribution < 1.29 is 10.0 Å². The first kappa shape index (κ1) is 15.0. The molecule has 0 fully saturated rings. The number of hydrogen-bond donors (Lipinski definition) is 2. The van der Waals surface area contributed by atoms with Crippen LogP contribution in [0.2, 0.25) is 0 Å². The molecule has 0 spiro atoms. The van der Waals surface area contributed by atoms with Crippen LogP contribution in [0.15, 0.2) is 24.4 Å².